The van der Waals surface area contributed by atoms with Crippen LogP contribution in [0.15, 0.2) is 24.8 Å². The Hall–Kier alpha value is -1.24. The second kappa shape index (κ2) is 2.56. The van der Waals surface area contributed by atoms with Gasteiger partial charge < -0.3 is 5.73 Å². The van der Waals surface area contributed by atoms with Gasteiger partial charge in [-0.2, -0.15) is 0 Å². The molecular formula is C9H11N. The molecule has 0 aliphatic rings. The number of anilines is 1. The Morgan fingerprint density at radius 3 is 2.70 bits per heavy atom. The Bertz CT molecular complexity index is 251. The lowest BCUT2D eigenvalue weighted by molar-refractivity contribution is 1.46. The summed E-state index contributed by atoms with van der Waals surface area (Å²) in [5.41, 5.74) is 8.65. The molecule has 0 amide bonds. The summed E-state index contributed by atoms with van der Waals surface area (Å²) in [6.07, 6.45) is 1.77. The van der Waals surface area contributed by atoms with Gasteiger partial charge in [0.2, 0.25) is 0 Å². The van der Waals surface area contributed by atoms with Gasteiger partial charge in [0, 0.05) is 5.69 Å². The third-order valence-corrected chi connectivity index (χ3v) is 1.46. The minimum Gasteiger partial charge on any atom is -0.398 e. The number of aryl methyl sites for hydroxylation is 1. The molecule has 1 rings (SSSR count). The highest BCUT2D eigenvalue weighted by Gasteiger charge is 1.92. The zero-order valence-electron chi connectivity index (χ0n) is 6.09. The first kappa shape index (κ1) is 6.87. The van der Waals surface area contributed by atoms with Gasteiger partial charge in [0.1, 0.15) is 0 Å². The van der Waals surface area contributed by atoms with Crippen LogP contribution in [0.25, 0.3) is 6.08 Å². The van der Waals surface area contributed by atoms with E-state index in [4.69, 9.17) is 5.73 Å². The first-order valence-corrected chi connectivity index (χ1v) is 3.22. The first-order valence-electron chi connectivity index (χ1n) is 3.22. The monoisotopic (exact) mass is 133 g/mol. The number of nitrogen functional groups attached to an aromatic ring is 1. The second-order valence-corrected chi connectivity index (χ2v) is 2.34. The van der Waals surface area contributed by atoms with Crippen molar-refractivity contribution in [2.45, 2.75) is 6.92 Å². The van der Waals surface area contributed by atoms with Gasteiger partial charge in [-0.15, -0.1) is 0 Å². The van der Waals surface area contributed by atoms with Gasteiger partial charge in [0.15, 0.2) is 0 Å². The average Bonchev–Trinajstić information content (AvgIpc) is 1.94. The third-order valence-electron chi connectivity index (χ3n) is 1.46. The van der Waals surface area contributed by atoms with Crippen LogP contribution in [0, 0.1) is 6.92 Å². The summed E-state index contributed by atoms with van der Waals surface area (Å²) in [4.78, 5) is 0. The van der Waals surface area contributed by atoms with Crippen LogP contribution in [0.3, 0.4) is 0 Å². The van der Waals surface area contributed by atoms with E-state index in [0.717, 1.165) is 11.3 Å². The van der Waals surface area contributed by atoms with Crippen LogP contribution < -0.4 is 5.73 Å². The van der Waals surface area contributed by atoms with Crippen molar-refractivity contribution in [3.05, 3.63) is 35.9 Å². The number of rotatable bonds is 1. The largest absolute Gasteiger partial charge is 0.398 e. The fraction of sp³-hybridized carbons (Fsp3) is 0.111. The highest BCUT2D eigenvalue weighted by atomic mass is 14.5. The molecule has 0 radical (unpaired) electrons. The average molecular weight is 133 g/mol. The van der Waals surface area contributed by atoms with Crippen molar-refractivity contribution in [1.29, 1.82) is 0 Å². The van der Waals surface area contributed by atoms with Crippen molar-refractivity contribution >= 4 is 11.8 Å². The molecular weight excluding hydrogens is 122 g/mol. The maximum absolute atomic E-state index is 5.63. The second-order valence-electron chi connectivity index (χ2n) is 2.34. The molecule has 0 aliphatic carbocycles. The molecule has 0 atom stereocenters. The molecule has 0 spiro atoms. The molecule has 0 saturated heterocycles. The van der Waals surface area contributed by atoms with E-state index in [2.05, 4.69) is 6.58 Å². The summed E-state index contributed by atoms with van der Waals surface area (Å²) in [5, 5.41) is 0. The lowest BCUT2D eigenvalue weighted by atomic mass is 10.1. The molecule has 1 nitrogen and oxygen atoms in total. The molecule has 0 aromatic heterocycles. The fourth-order valence-electron chi connectivity index (χ4n) is 0.871. The van der Waals surface area contributed by atoms with Gasteiger partial charge in [-0.25, -0.2) is 0 Å². The van der Waals surface area contributed by atoms with E-state index in [-0.39, 0.29) is 0 Å². The summed E-state index contributed by atoms with van der Waals surface area (Å²) < 4.78 is 0. The molecule has 52 valence electrons. The Kier molecular flexibility index (Phi) is 1.76. The molecule has 1 aromatic rings. The standard InChI is InChI=1S/C9H11N/c1-3-8-6-7(2)4-5-9(8)10/h3-6H,1,10H2,2H3. The SMILES string of the molecule is C=Cc1cc(C)ccc1N. The topological polar surface area (TPSA) is 26.0 Å². The van der Waals surface area contributed by atoms with E-state index < -0.39 is 0 Å². The minimum absolute atomic E-state index is 0.792. The van der Waals surface area contributed by atoms with Crippen LogP contribution in [-0.2, 0) is 0 Å². The maximum atomic E-state index is 5.63. The van der Waals surface area contributed by atoms with E-state index in [1.165, 1.54) is 5.56 Å². The summed E-state index contributed by atoms with van der Waals surface area (Å²) in [5.74, 6) is 0. The summed E-state index contributed by atoms with van der Waals surface area (Å²) >= 11 is 0. The van der Waals surface area contributed by atoms with Gasteiger partial charge in [-0.1, -0.05) is 24.3 Å². The molecule has 1 aromatic carbocycles. The normalized spacial score (nSPS) is 9.30. The first-order chi connectivity index (χ1) is 4.74. The van der Waals surface area contributed by atoms with Crippen LogP contribution in [0.1, 0.15) is 11.1 Å². The van der Waals surface area contributed by atoms with E-state index >= 15 is 0 Å². The van der Waals surface area contributed by atoms with E-state index in [1.54, 1.807) is 6.08 Å². The maximum Gasteiger partial charge on any atom is 0.0387 e. The lowest BCUT2D eigenvalue weighted by Gasteiger charge is -1.99. The van der Waals surface area contributed by atoms with Gasteiger partial charge in [0.05, 0.1) is 0 Å². The number of benzene rings is 1. The number of hydrogen-bond donors (Lipinski definition) is 1. The van der Waals surface area contributed by atoms with Crippen molar-refractivity contribution < 1.29 is 0 Å². The van der Waals surface area contributed by atoms with Crippen molar-refractivity contribution in [3.8, 4) is 0 Å². The quantitative estimate of drug-likeness (QED) is 0.584. The molecule has 0 heterocycles. The summed E-state index contributed by atoms with van der Waals surface area (Å²) in [7, 11) is 0. The van der Waals surface area contributed by atoms with E-state index in [1.807, 2.05) is 25.1 Å². The van der Waals surface area contributed by atoms with Crippen LogP contribution in [0.2, 0.25) is 0 Å². The Morgan fingerprint density at radius 1 is 1.50 bits per heavy atom. The minimum atomic E-state index is 0.792. The molecule has 0 bridgehead atoms. The highest BCUT2D eigenvalue weighted by Crippen LogP contribution is 2.13. The molecule has 1 heteroatoms. The third kappa shape index (κ3) is 1.18. The zero-order chi connectivity index (χ0) is 7.56. The van der Waals surface area contributed by atoms with Crippen LogP contribution >= 0.6 is 0 Å². The molecule has 2 N–H and O–H groups in total. The summed E-state index contributed by atoms with van der Waals surface area (Å²) in [6.45, 7) is 5.69. The molecule has 10 heavy (non-hydrogen) atoms. The molecule has 0 saturated carbocycles. The van der Waals surface area contributed by atoms with E-state index in [9.17, 15) is 0 Å². The van der Waals surface area contributed by atoms with Gasteiger partial charge in [-0.3, -0.25) is 0 Å². The van der Waals surface area contributed by atoms with Crippen molar-refractivity contribution in [2.24, 2.45) is 0 Å². The summed E-state index contributed by atoms with van der Waals surface area (Å²) in [6, 6.07) is 5.90. The molecule has 0 unspecified atom stereocenters. The molecule has 0 aliphatic heterocycles. The lowest BCUT2D eigenvalue weighted by Crippen LogP contribution is -1.88. The van der Waals surface area contributed by atoms with Crippen LogP contribution in [0.5, 0.6) is 0 Å². The van der Waals surface area contributed by atoms with Gasteiger partial charge in [0.25, 0.3) is 0 Å². The van der Waals surface area contributed by atoms with Crippen molar-refractivity contribution in [3.63, 3.8) is 0 Å². The number of nitrogens with two attached hydrogens (primary N) is 1. The Morgan fingerprint density at radius 2 is 2.20 bits per heavy atom. The van der Waals surface area contributed by atoms with Gasteiger partial charge in [-0.05, 0) is 24.6 Å². The highest BCUT2D eigenvalue weighted by molar-refractivity contribution is 5.63. The Balaban J connectivity index is 3.21. The smallest absolute Gasteiger partial charge is 0.0387 e. The molecule has 0 fully saturated rings. The zero-order valence-corrected chi connectivity index (χ0v) is 6.09. The van der Waals surface area contributed by atoms with E-state index in [0.29, 0.717) is 0 Å². The predicted molar refractivity (Wildman–Crippen MR) is 45.7 cm³/mol. The number of hydrogen-bond acceptors (Lipinski definition) is 1. The van der Waals surface area contributed by atoms with Crippen LogP contribution in [0.4, 0.5) is 5.69 Å². The van der Waals surface area contributed by atoms with Crippen molar-refractivity contribution in [1.82, 2.24) is 0 Å². The fourth-order valence-corrected chi connectivity index (χ4v) is 0.871. The van der Waals surface area contributed by atoms with Gasteiger partial charge >= 0.3 is 0 Å². The van der Waals surface area contributed by atoms with Crippen molar-refractivity contribution in [2.75, 3.05) is 5.73 Å². The predicted octanol–water partition coefficient (Wildman–Crippen LogP) is 2.22. The van der Waals surface area contributed by atoms with Crippen LogP contribution in [-0.4, -0.2) is 0 Å². The Labute approximate surface area is 61.2 Å².